The molecule has 2 aromatic rings. The number of aromatic nitrogens is 1. The van der Waals surface area contributed by atoms with Crippen molar-refractivity contribution < 1.29 is 4.42 Å². The number of rotatable bonds is 4. The lowest BCUT2D eigenvalue weighted by Gasteiger charge is -2.14. The zero-order valence-corrected chi connectivity index (χ0v) is 10.8. The average Bonchev–Trinajstić information content (AvgIpc) is 2.78. The minimum Gasteiger partial charge on any atom is -0.447 e. The van der Waals surface area contributed by atoms with Gasteiger partial charge in [0.15, 0.2) is 6.39 Å². The van der Waals surface area contributed by atoms with Gasteiger partial charge in [0.1, 0.15) is 5.76 Å². The molecule has 0 aliphatic carbocycles. The van der Waals surface area contributed by atoms with Crippen molar-refractivity contribution in [1.82, 2.24) is 10.3 Å². The number of oxazole rings is 1. The van der Waals surface area contributed by atoms with E-state index in [-0.39, 0.29) is 6.04 Å². The molecule has 0 saturated heterocycles. The van der Waals surface area contributed by atoms with Crippen LogP contribution in [0.5, 0.6) is 0 Å². The van der Waals surface area contributed by atoms with Gasteiger partial charge in [0.05, 0.1) is 12.7 Å². The molecule has 1 aromatic heterocycles. The lowest BCUT2D eigenvalue weighted by molar-refractivity contribution is 0.458. The van der Waals surface area contributed by atoms with Crippen molar-refractivity contribution in [3.63, 3.8) is 0 Å². The Labute approximate surface area is 110 Å². The zero-order chi connectivity index (χ0) is 12.3. The van der Waals surface area contributed by atoms with Gasteiger partial charge < -0.3 is 9.73 Å². The highest BCUT2D eigenvalue weighted by Crippen LogP contribution is 2.26. The third-order valence-electron chi connectivity index (χ3n) is 2.49. The quantitative estimate of drug-likeness (QED) is 0.918. The fourth-order valence-electron chi connectivity index (χ4n) is 1.55. The zero-order valence-electron chi connectivity index (χ0n) is 9.28. The summed E-state index contributed by atoms with van der Waals surface area (Å²) in [6.45, 7) is 2.64. The number of nitrogens with one attached hydrogen (secondary N) is 1. The van der Waals surface area contributed by atoms with Gasteiger partial charge >= 0.3 is 0 Å². The van der Waals surface area contributed by atoms with Crippen LogP contribution in [0.25, 0.3) is 0 Å². The normalized spacial score (nSPS) is 12.6. The Morgan fingerprint density at radius 2 is 2.24 bits per heavy atom. The summed E-state index contributed by atoms with van der Waals surface area (Å²) in [4.78, 5) is 3.85. The smallest absolute Gasteiger partial charge is 0.180 e. The van der Waals surface area contributed by atoms with E-state index < -0.39 is 0 Å². The highest BCUT2D eigenvalue weighted by molar-refractivity contribution is 6.35. The Hall–Kier alpha value is -1.03. The molecule has 0 amide bonds. The topological polar surface area (TPSA) is 38.1 Å². The Morgan fingerprint density at radius 1 is 1.41 bits per heavy atom. The third kappa shape index (κ3) is 3.22. The predicted molar refractivity (Wildman–Crippen MR) is 68.2 cm³/mol. The molecule has 0 spiro atoms. The van der Waals surface area contributed by atoms with E-state index >= 15 is 0 Å². The number of hydrogen-bond acceptors (Lipinski definition) is 3. The predicted octanol–water partition coefficient (Wildman–Crippen LogP) is 3.83. The molecule has 0 aliphatic rings. The van der Waals surface area contributed by atoms with Crippen molar-refractivity contribution >= 4 is 23.2 Å². The van der Waals surface area contributed by atoms with E-state index in [0.717, 1.165) is 11.3 Å². The maximum Gasteiger partial charge on any atom is 0.180 e. The van der Waals surface area contributed by atoms with Crippen LogP contribution in [0.3, 0.4) is 0 Å². The Bertz CT molecular complexity index is 485. The Morgan fingerprint density at radius 3 is 2.88 bits per heavy atom. The summed E-state index contributed by atoms with van der Waals surface area (Å²) in [5, 5.41) is 4.60. The molecule has 0 bridgehead atoms. The second-order valence-electron chi connectivity index (χ2n) is 3.74. The summed E-state index contributed by atoms with van der Waals surface area (Å²) in [5.41, 5.74) is 1.01. The first-order valence-electron chi connectivity index (χ1n) is 5.22. The second kappa shape index (κ2) is 5.54. The van der Waals surface area contributed by atoms with Crippen LogP contribution in [0.15, 0.2) is 35.2 Å². The van der Waals surface area contributed by atoms with E-state index in [1.807, 2.05) is 19.1 Å². The molecule has 2 rings (SSSR count). The minimum atomic E-state index is 0.116. The van der Waals surface area contributed by atoms with E-state index in [9.17, 15) is 0 Å². The van der Waals surface area contributed by atoms with Crippen LogP contribution < -0.4 is 5.32 Å². The molecule has 1 N–H and O–H groups in total. The summed E-state index contributed by atoms with van der Waals surface area (Å²) in [6, 6.07) is 5.60. The summed E-state index contributed by atoms with van der Waals surface area (Å²) in [5.74, 6) is 0.793. The van der Waals surface area contributed by atoms with Crippen molar-refractivity contribution in [2.75, 3.05) is 0 Å². The molecule has 5 heteroatoms. The number of nitrogens with zero attached hydrogens (tertiary/aromatic N) is 1. The molecule has 3 nitrogen and oxygen atoms in total. The number of halogens is 2. The van der Waals surface area contributed by atoms with E-state index in [1.54, 1.807) is 12.3 Å². The first kappa shape index (κ1) is 12.4. The van der Waals surface area contributed by atoms with Gasteiger partial charge in [0, 0.05) is 16.1 Å². The van der Waals surface area contributed by atoms with Crippen LogP contribution in [-0.2, 0) is 6.54 Å². The SMILES string of the molecule is CC(NCc1cnco1)c1ccc(Cl)cc1Cl. The van der Waals surface area contributed by atoms with E-state index in [1.165, 1.54) is 6.39 Å². The monoisotopic (exact) mass is 270 g/mol. The maximum atomic E-state index is 6.12. The lowest BCUT2D eigenvalue weighted by atomic mass is 10.1. The standard InChI is InChI=1S/C12H12Cl2N2O/c1-8(16-6-10-5-15-7-17-10)11-3-2-9(13)4-12(11)14/h2-5,7-8,16H,6H2,1H3. The van der Waals surface area contributed by atoms with E-state index in [4.69, 9.17) is 27.6 Å². The molecule has 0 aliphatic heterocycles. The van der Waals surface area contributed by atoms with E-state index in [0.29, 0.717) is 16.6 Å². The third-order valence-corrected chi connectivity index (χ3v) is 3.06. The van der Waals surface area contributed by atoms with Crippen molar-refractivity contribution in [2.24, 2.45) is 0 Å². The Kier molecular flexibility index (Phi) is 4.05. The molecule has 0 saturated carbocycles. The summed E-state index contributed by atoms with van der Waals surface area (Å²) in [6.07, 6.45) is 3.10. The van der Waals surface area contributed by atoms with Crippen LogP contribution >= 0.6 is 23.2 Å². The fraction of sp³-hybridized carbons (Fsp3) is 0.250. The van der Waals surface area contributed by atoms with Gasteiger partial charge in [-0.15, -0.1) is 0 Å². The van der Waals surface area contributed by atoms with Crippen LogP contribution in [0, 0.1) is 0 Å². The Balaban J connectivity index is 2.01. The lowest BCUT2D eigenvalue weighted by Crippen LogP contribution is -2.18. The highest BCUT2D eigenvalue weighted by Gasteiger charge is 2.10. The van der Waals surface area contributed by atoms with Gasteiger partial charge in [-0.05, 0) is 24.6 Å². The molecule has 0 fully saturated rings. The summed E-state index contributed by atoms with van der Waals surface area (Å²) in [7, 11) is 0. The number of hydrogen-bond donors (Lipinski definition) is 1. The average molecular weight is 271 g/mol. The van der Waals surface area contributed by atoms with Crippen molar-refractivity contribution in [2.45, 2.75) is 19.5 Å². The second-order valence-corrected chi connectivity index (χ2v) is 4.58. The molecular formula is C12H12Cl2N2O. The highest BCUT2D eigenvalue weighted by atomic mass is 35.5. The first-order chi connectivity index (χ1) is 8.16. The molecule has 1 unspecified atom stereocenters. The largest absolute Gasteiger partial charge is 0.447 e. The molecule has 17 heavy (non-hydrogen) atoms. The molecule has 1 heterocycles. The molecule has 0 radical (unpaired) electrons. The van der Waals surface area contributed by atoms with Gasteiger partial charge in [-0.3, -0.25) is 0 Å². The molecule has 90 valence electrons. The maximum absolute atomic E-state index is 6.12. The van der Waals surface area contributed by atoms with E-state index in [2.05, 4.69) is 10.3 Å². The van der Waals surface area contributed by atoms with Gasteiger partial charge in [0.25, 0.3) is 0 Å². The van der Waals surface area contributed by atoms with Gasteiger partial charge in [0.2, 0.25) is 0 Å². The van der Waals surface area contributed by atoms with Crippen molar-refractivity contribution in [3.05, 3.63) is 52.2 Å². The first-order valence-corrected chi connectivity index (χ1v) is 5.98. The number of benzene rings is 1. The van der Waals surface area contributed by atoms with Crippen LogP contribution in [-0.4, -0.2) is 4.98 Å². The van der Waals surface area contributed by atoms with Crippen LogP contribution in [0.2, 0.25) is 10.0 Å². The van der Waals surface area contributed by atoms with Crippen molar-refractivity contribution in [3.8, 4) is 0 Å². The van der Waals surface area contributed by atoms with Gasteiger partial charge in [-0.2, -0.15) is 0 Å². The minimum absolute atomic E-state index is 0.116. The molecule has 1 aromatic carbocycles. The fourth-order valence-corrected chi connectivity index (χ4v) is 2.12. The molecular weight excluding hydrogens is 259 g/mol. The van der Waals surface area contributed by atoms with Crippen LogP contribution in [0.4, 0.5) is 0 Å². The van der Waals surface area contributed by atoms with Gasteiger partial charge in [-0.25, -0.2) is 4.98 Å². The molecule has 1 atom stereocenters. The summed E-state index contributed by atoms with van der Waals surface area (Å²) >= 11 is 12.0. The van der Waals surface area contributed by atoms with Crippen molar-refractivity contribution in [1.29, 1.82) is 0 Å². The van der Waals surface area contributed by atoms with Gasteiger partial charge in [-0.1, -0.05) is 29.3 Å². The summed E-state index contributed by atoms with van der Waals surface area (Å²) < 4.78 is 5.14. The van der Waals surface area contributed by atoms with Crippen LogP contribution in [0.1, 0.15) is 24.3 Å².